The summed E-state index contributed by atoms with van der Waals surface area (Å²) in [6.45, 7) is 4.05. The maximum Gasteiger partial charge on any atom is 0.231 e. The zero-order valence-electron chi connectivity index (χ0n) is 10.6. The van der Waals surface area contributed by atoms with Crippen molar-refractivity contribution in [3.05, 3.63) is 23.7 Å². The molecule has 0 bridgehead atoms. The number of carbonyl (C=O) groups is 1. The number of hydrogen-bond acceptors (Lipinski definition) is 4. The Morgan fingerprint density at radius 2 is 2.18 bits per heavy atom. The number of hydrogen-bond donors (Lipinski definition) is 2. The second-order valence-corrected chi connectivity index (χ2v) is 4.35. The summed E-state index contributed by atoms with van der Waals surface area (Å²) in [5, 5.41) is 0. The Kier molecular flexibility index (Phi) is 4.72. The second kappa shape index (κ2) is 5.84. The highest BCUT2D eigenvalue weighted by atomic mass is 16.3. The molecule has 1 aromatic rings. The van der Waals surface area contributed by atoms with Gasteiger partial charge in [-0.1, -0.05) is 6.92 Å². The molecule has 17 heavy (non-hydrogen) atoms. The Morgan fingerprint density at radius 3 is 2.59 bits per heavy atom. The Morgan fingerprint density at radius 1 is 1.53 bits per heavy atom. The van der Waals surface area contributed by atoms with Gasteiger partial charge in [-0.25, -0.2) is 0 Å². The minimum absolute atomic E-state index is 0.0927. The second-order valence-electron chi connectivity index (χ2n) is 4.35. The molecule has 2 unspecified atom stereocenters. The molecule has 1 aromatic heterocycles. The summed E-state index contributed by atoms with van der Waals surface area (Å²) in [4.78, 5) is 12.8. The van der Waals surface area contributed by atoms with Crippen LogP contribution in [0.5, 0.6) is 0 Å². The van der Waals surface area contributed by atoms with Crippen molar-refractivity contribution in [2.75, 3.05) is 13.6 Å². The van der Waals surface area contributed by atoms with E-state index < -0.39 is 0 Å². The van der Waals surface area contributed by atoms with E-state index in [9.17, 15) is 4.79 Å². The molecule has 0 saturated carbocycles. The van der Waals surface area contributed by atoms with Crippen molar-refractivity contribution in [2.24, 2.45) is 11.5 Å². The van der Waals surface area contributed by atoms with Crippen LogP contribution < -0.4 is 11.5 Å². The van der Waals surface area contributed by atoms with Crippen LogP contribution in [0.4, 0.5) is 0 Å². The van der Waals surface area contributed by atoms with Crippen LogP contribution >= 0.6 is 0 Å². The van der Waals surface area contributed by atoms with Crippen LogP contribution in [0.1, 0.15) is 30.9 Å². The maximum absolute atomic E-state index is 11.0. The molecule has 0 radical (unpaired) electrons. The number of nitrogens with zero attached hydrogens (tertiary/aromatic N) is 1. The molecule has 0 aromatic carbocycles. The fraction of sp³-hybridized carbons (Fsp3) is 0.583. The number of furan rings is 1. The van der Waals surface area contributed by atoms with Crippen molar-refractivity contribution in [1.29, 1.82) is 0 Å². The fourth-order valence-corrected chi connectivity index (χ4v) is 1.93. The maximum atomic E-state index is 11.0. The summed E-state index contributed by atoms with van der Waals surface area (Å²) < 4.78 is 5.60. The number of likely N-dealkylation sites (N-methyl/N-ethyl adjacent to an activating group) is 1. The van der Waals surface area contributed by atoms with E-state index in [4.69, 9.17) is 15.9 Å². The van der Waals surface area contributed by atoms with Gasteiger partial charge >= 0.3 is 0 Å². The number of nitrogens with two attached hydrogens (primary N) is 2. The highest BCUT2D eigenvalue weighted by Gasteiger charge is 2.26. The first kappa shape index (κ1) is 13.7. The van der Waals surface area contributed by atoms with E-state index in [-0.39, 0.29) is 24.5 Å². The lowest BCUT2D eigenvalue weighted by molar-refractivity contribution is -0.119. The first-order valence-corrected chi connectivity index (χ1v) is 5.76. The quantitative estimate of drug-likeness (QED) is 0.768. The van der Waals surface area contributed by atoms with E-state index in [1.54, 1.807) is 0 Å². The average Bonchev–Trinajstić information content (AvgIpc) is 2.63. The van der Waals surface area contributed by atoms with Crippen molar-refractivity contribution in [2.45, 2.75) is 32.4 Å². The monoisotopic (exact) mass is 239 g/mol. The highest BCUT2D eigenvalue weighted by molar-refractivity contribution is 5.75. The summed E-state index contributed by atoms with van der Waals surface area (Å²) in [5.74, 6) is 1.24. The minimum atomic E-state index is -0.371. The first-order valence-electron chi connectivity index (χ1n) is 5.76. The summed E-state index contributed by atoms with van der Waals surface area (Å²) >= 11 is 0. The van der Waals surface area contributed by atoms with Gasteiger partial charge in [0.15, 0.2) is 0 Å². The Balaban J connectivity index is 2.91. The summed E-state index contributed by atoms with van der Waals surface area (Å²) in [7, 11) is 1.82. The highest BCUT2D eigenvalue weighted by Crippen LogP contribution is 2.25. The molecule has 0 fully saturated rings. The van der Waals surface area contributed by atoms with Gasteiger partial charge in [-0.3, -0.25) is 9.69 Å². The van der Waals surface area contributed by atoms with E-state index in [0.717, 1.165) is 17.9 Å². The molecule has 1 rings (SSSR count). The number of aryl methyl sites for hydroxylation is 1. The predicted molar refractivity (Wildman–Crippen MR) is 66.3 cm³/mol. The zero-order chi connectivity index (χ0) is 13.0. The standard InChI is InChI=1S/C12H21N3O2/c1-4-9(13)12(15(3)7-11(14)16)10-6-5-8(2)17-10/h5-6,9,12H,4,7,13H2,1-3H3,(H2,14,16). The third-order valence-corrected chi connectivity index (χ3v) is 2.81. The lowest BCUT2D eigenvalue weighted by atomic mass is 10.0. The Hall–Kier alpha value is -1.33. The third kappa shape index (κ3) is 3.57. The van der Waals surface area contributed by atoms with E-state index in [1.165, 1.54) is 0 Å². The van der Waals surface area contributed by atoms with Crippen LogP contribution in [-0.2, 0) is 4.79 Å². The van der Waals surface area contributed by atoms with E-state index >= 15 is 0 Å². The normalized spacial score (nSPS) is 14.9. The molecule has 0 spiro atoms. The fourth-order valence-electron chi connectivity index (χ4n) is 1.93. The first-order chi connectivity index (χ1) is 7.95. The molecule has 0 aliphatic rings. The molecule has 0 aliphatic heterocycles. The van der Waals surface area contributed by atoms with Gasteiger partial charge in [0.1, 0.15) is 11.5 Å². The molecule has 1 heterocycles. The number of amides is 1. The average molecular weight is 239 g/mol. The predicted octanol–water partition coefficient (Wildman–Crippen LogP) is 0.784. The van der Waals surface area contributed by atoms with Gasteiger partial charge in [0, 0.05) is 6.04 Å². The molecular formula is C12H21N3O2. The smallest absolute Gasteiger partial charge is 0.231 e. The zero-order valence-corrected chi connectivity index (χ0v) is 10.6. The molecule has 4 N–H and O–H groups in total. The van der Waals surface area contributed by atoms with Crippen LogP contribution in [0.25, 0.3) is 0 Å². The third-order valence-electron chi connectivity index (χ3n) is 2.81. The van der Waals surface area contributed by atoms with Crippen LogP contribution in [-0.4, -0.2) is 30.4 Å². The molecule has 0 saturated heterocycles. The molecular weight excluding hydrogens is 218 g/mol. The Bertz CT molecular complexity index is 376. The van der Waals surface area contributed by atoms with Crippen molar-refractivity contribution in [3.8, 4) is 0 Å². The molecule has 5 heteroatoms. The van der Waals surface area contributed by atoms with Gasteiger partial charge in [0.05, 0.1) is 12.6 Å². The van der Waals surface area contributed by atoms with Crippen LogP contribution in [0.2, 0.25) is 0 Å². The van der Waals surface area contributed by atoms with Crippen LogP contribution in [0.3, 0.4) is 0 Å². The van der Waals surface area contributed by atoms with Crippen LogP contribution in [0.15, 0.2) is 16.5 Å². The van der Waals surface area contributed by atoms with Gasteiger partial charge < -0.3 is 15.9 Å². The van der Waals surface area contributed by atoms with Gasteiger partial charge in [-0.05, 0) is 32.5 Å². The van der Waals surface area contributed by atoms with E-state index in [0.29, 0.717) is 0 Å². The number of carbonyl (C=O) groups excluding carboxylic acids is 1. The van der Waals surface area contributed by atoms with Gasteiger partial charge in [0.2, 0.25) is 5.91 Å². The number of rotatable bonds is 6. The summed E-state index contributed by atoms with van der Waals surface area (Å²) in [6.07, 6.45) is 0.799. The SMILES string of the molecule is CCC(N)C(c1ccc(C)o1)N(C)CC(N)=O. The molecule has 96 valence electrons. The lowest BCUT2D eigenvalue weighted by Crippen LogP contribution is -2.42. The molecule has 1 amide bonds. The van der Waals surface area contributed by atoms with Crippen LogP contribution in [0, 0.1) is 6.92 Å². The molecule has 5 nitrogen and oxygen atoms in total. The van der Waals surface area contributed by atoms with E-state index in [1.807, 2.05) is 37.9 Å². The molecule has 0 aliphatic carbocycles. The lowest BCUT2D eigenvalue weighted by Gasteiger charge is -2.29. The topological polar surface area (TPSA) is 85.5 Å². The van der Waals surface area contributed by atoms with Crippen molar-refractivity contribution < 1.29 is 9.21 Å². The molecule has 2 atom stereocenters. The van der Waals surface area contributed by atoms with Crippen molar-refractivity contribution in [1.82, 2.24) is 4.90 Å². The summed E-state index contributed by atoms with van der Waals surface area (Å²) in [5.41, 5.74) is 11.3. The summed E-state index contributed by atoms with van der Waals surface area (Å²) in [6, 6.07) is 3.57. The van der Waals surface area contributed by atoms with E-state index in [2.05, 4.69) is 0 Å². The van der Waals surface area contributed by atoms with Gasteiger partial charge in [-0.15, -0.1) is 0 Å². The minimum Gasteiger partial charge on any atom is -0.465 e. The largest absolute Gasteiger partial charge is 0.465 e. The van der Waals surface area contributed by atoms with Crippen molar-refractivity contribution >= 4 is 5.91 Å². The van der Waals surface area contributed by atoms with Gasteiger partial charge in [0.25, 0.3) is 0 Å². The Labute approximate surface area is 102 Å². The van der Waals surface area contributed by atoms with Crippen molar-refractivity contribution in [3.63, 3.8) is 0 Å². The number of primary amides is 1. The van der Waals surface area contributed by atoms with Gasteiger partial charge in [-0.2, -0.15) is 0 Å².